The van der Waals surface area contributed by atoms with Gasteiger partial charge in [0, 0.05) is 18.8 Å². The van der Waals surface area contributed by atoms with E-state index in [0.717, 1.165) is 6.07 Å². The number of anilines is 1. The van der Waals surface area contributed by atoms with Gasteiger partial charge in [-0.25, -0.2) is 18.0 Å². The fourth-order valence-electron chi connectivity index (χ4n) is 2.71. The summed E-state index contributed by atoms with van der Waals surface area (Å²) in [5.74, 6) is -1.87. The van der Waals surface area contributed by atoms with Crippen LogP contribution in [0.2, 0.25) is 5.02 Å². The molecule has 0 aliphatic heterocycles. The fraction of sp³-hybridized carbons (Fsp3) is 0.286. The number of hydrogen-bond acceptors (Lipinski definition) is 6. The van der Waals surface area contributed by atoms with E-state index in [9.17, 15) is 22.8 Å². The van der Waals surface area contributed by atoms with Gasteiger partial charge in [-0.2, -0.15) is 4.31 Å². The third-order valence-electron chi connectivity index (χ3n) is 4.42. The molecule has 0 bridgehead atoms. The number of hydrogen-bond donors (Lipinski definition) is 2. The molecule has 0 spiro atoms. The van der Waals surface area contributed by atoms with Gasteiger partial charge in [-0.1, -0.05) is 43.6 Å². The maximum Gasteiger partial charge on any atom is 0.340 e. The normalized spacial score (nSPS) is 12.2. The summed E-state index contributed by atoms with van der Waals surface area (Å²) in [6.07, 6.45) is -1.34. The first-order chi connectivity index (χ1) is 15.1. The van der Waals surface area contributed by atoms with E-state index in [4.69, 9.17) is 16.3 Å². The van der Waals surface area contributed by atoms with Crippen molar-refractivity contribution in [3.8, 4) is 0 Å². The first-order valence-corrected chi connectivity index (χ1v) is 11.6. The summed E-state index contributed by atoms with van der Waals surface area (Å²) in [4.78, 5) is 36.6. The molecule has 32 heavy (non-hydrogen) atoms. The molecule has 0 radical (unpaired) electrons. The summed E-state index contributed by atoms with van der Waals surface area (Å²) in [5, 5.41) is 4.49. The number of urea groups is 1. The Morgan fingerprint density at radius 3 is 2.28 bits per heavy atom. The second-order valence-electron chi connectivity index (χ2n) is 6.59. The van der Waals surface area contributed by atoms with E-state index < -0.39 is 34.0 Å². The van der Waals surface area contributed by atoms with Crippen LogP contribution in [0.5, 0.6) is 0 Å². The number of sulfonamides is 1. The lowest BCUT2D eigenvalue weighted by atomic mass is 10.2. The minimum Gasteiger partial charge on any atom is -0.449 e. The van der Waals surface area contributed by atoms with Gasteiger partial charge in [0.05, 0.1) is 15.5 Å². The Morgan fingerprint density at radius 1 is 1.06 bits per heavy atom. The lowest BCUT2D eigenvalue weighted by Crippen LogP contribution is -2.41. The lowest BCUT2D eigenvalue weighted by molar-refractivity contribution is -0.127. The van der Waals surface area contributed by atoms with Crippen molar-refractivity contribution in [1.82, 2.24) is 9.62 Å². The summed E-state index contributed by atoms with van der Waals surface area (Å²) in [6, 6.07) is 11.3. The Balaban J connectivity index is 2.09. The summed E-state index contributed by atoms with van der Waals surface area (Å²) in [5.41, 5.74) is 0.258. The van der Waals surface area contributed by atoms with E-state index in [2.05, 4.69) is 10.6 Å². The average Bonchev–Trinajstić information content (AvgIpc) is 2.75. The molecule has 1 atom stereocenters. The highest BCUT2D eigenvalue weighted by molar-refractivity contribution is 7.89. The van der Waals surface area contributed by atoms with Gasteiger partial charge in [-0.3, -0.25) is 10.1 Å². The molecule has 2 aromatic rings. The topological polar surface area (TPSA) is 122 Å². The zero-order chi connectivity index (χ0) is 23.9. The SMILES string of the molecule is CCN(CC)S(=O)(=O)c1ccc(Cl)c(C(=O)OC(C)C(=O)NC(=O)Nc2ccccc2)c1. The molecule has 2 rings (SSSR count). The molecule has 0 aliphatic carbocycles. The number of carbonyl (C=O) groups excluding carboxylic acids is 3. The molecule has 1 unspecified atom stereocenters. The molecule has 2 N–H and O–H groups in total. The maximum absolute atomic E-state index is 12.7. The van der Waals surface area contributed by atoms with Crippen molar-refractivity contribution in [3.63, 3.8) is 0 Å². The quantitative estimate of drug-likeness (QED) is 0.558. The number of imide groups is 1. The van der Waals surface area contributed by atoms with Gasteiger partial charge in [0.2, 0.25) is 10.0 Å². The number of para-hydroxylation sites is 1. The number of ether oxygens (including phenoxy) is 1. The first kappa shape index (κ1) is 25.3. The molecule has 11 heteroatoms. The molecule has 0 saturated carbocycles. The van der Waals surface area contributed by atoms with Crippen molar-refractivity contribution in [2.45, 2.75) is 31.8 Å². The van der Waals surface area contributed by atoms with Crippen LogP contribution in [0.3, 0.4) is 0 Å². The van der Waals surface area contributed by atoms with Crippen LogP contribution >= 0.6 is 11.6 Å². The highest BCUT2D eigenvalue weighted by Crippen LogP contribution is 2.24. The van der Waals surface area contributed by atoms with Gasteiger partial charge in [0.25, 0.3) is 5.91 Å². The Morgan fingerprint density at radius 2 is 1.69 bits per heavy atom. The van der Waals surface area contributed by atoms with Crippen molar-refractivity contribution in [2.24, 2.45) is 0 Å². The van der Waals surface area contributed by atoms with E-state index in [-0.39, 0.29) is 28.6 Å². The Labute approximate surface area is 191 Å². The number of carbonyl (C=O) groups is 3. The molecular weight excluding hydrogens is 458 g/mol. The molecule has 2 aromatic carbocycles. The number of esters is 1. The Kier molecular flexibility index (Phi) is 8.76. The van der Waals surface area contributed by atoms with Crippen molar-refractivity contribution < 1.29 is 27.5 Å². The van der Waals surface area contributed by atoms with Crippen molar-refractivity contribution in [1.29, 1.82) is 0 Å². The third kappa shape index (κ3) is 6.28. The van der Waals surface area contributed by atoms with E-state index in [1.165, 1.54) is 23.4 Å². The van der Waals surface area contributed by atoms with Crippen LogP contribution in [0.4, 0.5) is 10.5 Å². The number of nitrogens with zero attached hydrogens (tertiary/aromatic N) is 1. The fourth-order valence-corrected chi connectivity index (χ4v) is 4.39. The number of rotatable bonds is 8. The van der Waals surface area contributed by atoms with Crippen LogP contribution in [0.15, 0.2) is 53.4 Å². The third-order valence-corrected chi connectivity index (χ3v) is 6.80. The van der Waals surface area contributed by atoms with Crippen molar-refractivity contribution >= 4 is 45.2 Å². The molecule has 9 nitrogen and oxygen atoms in total. The van der Waals surface area contributed by atoms with Gasteiger partial charge in [0.1, 0.15) is 0 Å². The summed E-state index contributed by atoms with van der Waals surface area (Å²) < 4.78 is 31.7. The van der Waals surface area contributed by atoms with Crippen LogP contribution < -0.4 is 10.6 Å². The Hall–Kier alpha value is -2.95. The highest BCUT2D eigenvalue weighted by atomic mass is 35.5. The first-order valence-electron chi connectivity index (χ1n) is 9.77. The maximum atomic E-state index is 12.7. The number of benzene rings is 2. The van der Waals surface area contributed by atoms with Crippen LogP contribution in [-0.4, -0.2) is 49.8 Å². The molecule has 0 aliphatic rings. The number of nitrogens with one attached hydrogen (secondary N) is 2. The van der Waals surface area contributed by atoms with Gasteiger partial charge in [-0.05, 0) is 37.3 Å². The van der Waals surface area contributed by atoms with E-state index in [0.29, 0.717) is 5.69 Å². The predicted octanol–water partition coefficient (Wildman–Crippen LogP) is 3.26. The molecule has 0 fully saturated rings. The van der Waals surface area contributed by atoms with Gasteiger partial charge in [0.15, 0.2) is 6.10 Å². The monoisotopic (exact) mass is 481 g/mol. The highest BCUT2D eigenvalue weighted by Gasteiger charge is 2.26. The van der Waals surface area contributed by atoms with Crippen LogP contribution in [0, 0.1) is 0 Å². The van der Waals surface area contributed by atoms with Crippen LogP contribution in [-0.2, 0) is 19.6 Å². The second-order valence-corrected chi connectivity index (χ2v) is 8.93. The Bertz CT molecular complexity index is 1090. The number of halogens is 1. The van der Waals surface area contributed by atoms with E-state index in [1.54, 1.807) is 44.2 Å². The summed E-state index contributed by atoms with van der Waals surface area (Å²) >= 11 is 6.05. The van der Waals surface area contributed by atoms with Gasteiger partial charge in [-0.15, -0.1) is 0 Å². The van der Waals surface area contributed by atoms with Gasteiger partial charge < -0.3 is 10.1 Å². The molecular formula is C21H24ClN3O6S. The van der Waals surface area contributed by atoms with Crippen molar-refractivity contribution in [2.75, 3.05) is 18.4 Å². The average molecular weight is 482 g/mol. The minimum atomic E-state index is -3.83. The van der Waals surface area contributed by atoms with E-state index >= 15 is 0 Å². The zero-order valence-electron chi connectivity index (χ0n) is 17.8. The molecule has 0 saturated heterocycles. The van der Waals surface area contributed by atoms with Gasteiger partial charge >= 0.3 is 12.0 Å². The van der Waals surface area contributed by atoms with E-state index in [1.807, 2.05) is 0 Å². The van der Waals surface area contributed by atoms with Crippen molar-refractivity contribution in [3.05, 3.63) is 59.1 Å². The number of amides is 3. The predicted molar refractivity (Wildman–Crippen MR) is 120 cm³/mol. The lowest BCUT2D eigenvalue weighted by Gasteiger charge is -2.19. The summed E-state index contributed by atoms with van der Waals surface area (Å²) in [6.45, 7) is 5.17. The van der Waals surface area contributed by atoms with Crippen LogP contribution in [0.25, 0.3) is 0 Å². The minimum absolute atomic E-state index is 0.0390. The molecule has 172 valence electrons. The molecule has 0 aromatic heterocycles. The second kappa shape index (κ2) is 11.1. The largest absolute Gasteiger partial charge is 0.449 e. The summed E-state index contributed by atoms with van der Waals surface area (Å²) in [7, 11) is -3.83. The molecule has 3 amide bonds. The zero-order valence-corrected chi connectivity index (χ0v) is 19.4. The smallest absolute Gasteiger partial charge is 0.340 e. The molecule has 0 heterocycles. The standard InChI is InChI=1S/C21H24ClN3O6S/c1-4-25(5-2)32(29,30)16-11-12-18(22)17(13-16)20(27)31-14(3)19(26)24-21(28)23-15-9-7-6-8-10-15/h6-14H,4-5H2,1-3H3,(H2,23,24,26,28). The van der Waals surface area contributed by atoms with Crippen LogP contribution in [0.1, 0.15) is 31.1 Å².